The first-order chi connectivity index (χ1) is 11.0. The van der Waals surface area contributed by atoms with Gasteiger partial charge in [0.05, 0.1) is 4.92 Å². The van der Waals surface area contributed by atoms with Crippen molar-refractivity contribution in [3.63, 3.8) is 0 Å². The topological polar surface area (TPSA) is 95.3 Å². The fourth-order valence-electron chi connectivity index (χ4n) is 1.91. The van der Waals surface area contributed by atoms with E-state index in [-0.39, 0.29) is 29.5 Å². The summed E-state index contributed by atoms with van der Waals surface area (Å²) < 4.78 is 0. The van der Waals surface area contributed by atoms with Gasteiger partial charge in [0.15, 0.2) is 0 Å². The van der Waals surface area contributed by atoms with Gasteiger partial charge in [0.25, 0.3) is 5.69 Å². The Morgan fingerprint density at radius 1 is 1.22 bits per heavy atom. The Bertz CT molecular complexity index is 752. The van der Waals surface area contributed by atoms with E-state index in [0.29, 0.717) is 0 Å². The van der Waals surface area contributed by atoms with Crippen LogP contribution < -0.4 is 10.4 Å². The fourth-order valence-corrected chi connectivity index (χ4v) is 1.91. The van der Waals surface area contributed by atoms with Crippen molar-refractivity contribution in [2.75, 3.05) is 0 Å². The van der Waals surface area contributed by atoms with Gasteiger partial charge in [0.2, 0.25) is 5.91 Å². The van der Waals surface area contributed by atoms with Crippen molar-refractivity contribution in [3.8, 4) is 5.75 Å². The first-order valence-electron chi connectivity index (χ1n) is 6.92. The molecular weight excluding hydrogens is 296 g/mol. The van der Waals surface area contributed by atoms with Crippen LogP contribution in [0.5, 0.6) is 5.75 Å². The van der Waals surface area contributed by atoms with Crippen molar-refractivity contribution in [2.24, 2.45) is 0 Å². The number of benzene rings is 2. The second-order valence-corrected chi connectivity index (χ2v) is 5.01. The number of hydrogen-bond donors (Lipinski definition) is 1. The lowest BCUT2D eigenvalue weighted by atomic mass is 10.1. The zero-order valence-electron chi connectivity index (χ0n) is 12.5. The molecule has 118 valence electrons. The van der Waals surface area contributed by atoms with E-state index >= 15 is 0 Å². The molecule has 0 bridgehead atoms. The van der Waals surface area contributed by atoms with E-state index in [2.05, 4.69) is 5.32 Å². The zero-order chi connectivity index (χ0) is 16.8. The molecule has 0 aliphatic heterocycles. The summed E-state index contributed by atoms with van der Waals surface area (Å²) >= 11 is 0. The third kappa shape index (κ3) is 4.67. The number of nitro benzene ring substituents is 1. The lowest BCUT2D eigenvalue weighted by molar-refractivity contribution is -0.385. The van der Waals surface area contributed by atoms with Gasteiger partial charge in [-0.2, -0.15) is 0 Å². The predicted molar refractivity (Wildman–Crippen MR) is 84.6 cm³/mol. The van der Waals surface area contributed by atoms with Gasteiger partial charge in [-0.1, -0.05) is 35.9 Å². The molecule has 1 N–H and O–H groups in total. The molecule has 6 nitrogen and oxygen atoms in total. The SMILES string of the molecule is Cc1ccc(/C=C/C(=O)NCc2cc([N+](=O)[O-])ccc2[O-])cc1. The molecule has 0 heterocycles. The summed E-state index contributed by atoms with van der Waals surface area (Å²) in [5.41, 5.74) is 2.01. The molecule has 2 aromatic carbocycles. The van der Waals surface area contributed by atoms with Crippen molar-refractivity contribution >= 4 is 17.7 Å². The molecule has 1 amide bonds. The number of nitrogens with one attached hydrogen (secondary N) is 1. The number of amides is 1. The van der Waals surface area contributed by atoms with Crippen LogP contribution in [0.4, 0.5) is 5.69 Å². The van der Waals surface area contributed by atoms with Gasteiger partial charge in [-0.3, -0.25) is 14.9 Å². The number of carbonyl (C=O) groups is 1. The standard InChI is InChI=1S/C17H16N2O4/c1-12-2-4-13(5-3-12)6-9-17(21)18-11-14-10-15(19(22)23)7-8-16(14)20/h2-10,20H,11H2,1H3,(H,18,21)/p-1/b9-6+. The lowest BCUT2D eigenvalue weighted by Crippen LogP contribution is -2.21. The number of rotatable bonds is 5. The minimum Gasteiger partial charge on any atom is -0.872 e. The van der Waals surface area contributed by atoms with Crippen LogP contribution in [0.1, 0.15) is 16.7 Å². The molecular formula is C17H15N2O4-. The summed E-state index contributed by atoms with van der Waals surface area (Å²) in [5, 5.41) is 24.9. The molecule has 0 unspecified atom stereocenters. The molecule has 2 rings (SSSR count). The summed E-state index contributed by atoms with van der Waals surface area (Å²) in [7, 11) is 0. The van der Waals surface area contributed by atoms with E-state index in [4.69, 9.17) is 0 Å². The second kappa shape index (κ2) is 7.22. The zero-order valence-corrected chi connectivity index (χ0v) is 12.5. The van der Waals surface area contributed by atoms with Crippen LogP contribution in [0.2, 0.25) is 0 Å². The van der Waals surface area contributed by atoms with Crippen LogP contribution >= 0.6 is 0 Å². The maximum Gasteiger partial charge on any atom is 0.269 e. The highest BCUT2D eigenvalue weighted by Crippen LogP contribution is 2.20. The van der Waals surface area contributed by atoms with Crippen LogP contribution in [0.3, 0.4) is 0 Å². The molecule has 0 aliphatic rings. The van der Waals surface area contributed by atoms with Crippen LogP contribution in [0.25, 0.3) is 6.08 Å². The molecule has 0 aromatic heterocycles. The molecule has 0 aliphatic carbocycles. The van der Waals surface area contributed by atoms with Gasteiger partial charge in [-0.25, -0.2) is 0 Å². The smallest absolute Gasteiger partial charge is 0.269 e. The minimum absolute atomic E-state index is 0.0580. The molecule has 23 heavy (non-hydrogen) atoms. The van der Waals surface area contributed by atoms with Crippen molar-refractivity contribution in [1.29, 1.82) is 0 Å². The molecule has 6 heteroatoms. The fraction of sp³-hybridized carbons (Fsp3) is 0.118. The Hall–Kier alpha value is -3.15. The number of non-ortho nitro benzene ring substituents is 1. The molecule has 0 saturated carbocycles. The van der Waals surface area contributed by atoms with Crippen molar-refractivity contribution in [2.45, 2.75) is 13.5 Å². The highest BCUT2D eigenvalue weighted by atomic mass is 16.6. The molecule has 0 radical (unpaired) electrons. The van der Waals surface area contributed by atoms with Crippen molar-refractivity contribution in [3.05, 3.63) is 75.3 Å². The first kappa shape index (κ1) is 16.2. The Kier molecular flexibility index (Phi) is 5.09. The van der Waals surface area contributed by atoms with Crippen LogP contribution in [-0.2, 0) is 11.3 Å². The summed E-state index contributed by atoms with van der Waals surface area (Å²) in [6.45, 7) is 1.91. The second-order valence-electron chi connectivity index (χ2n) is 5.01. The number of nitro groups is 1. The first-order valence-corrected chi connectivity index (χ1v) is 6.92. The predicted octanol–water partition coefficient (Wildman–Crippen LogP) is 2.31. The molecule has 0 fully saturated rings. The summed E-state index contributed by atoms with van der Waals surface area (Å²) in [6.07, 6.45) is 3.01. The Morgan fingerprint density at radius 3 is 2.57 bits per heavy atom. The number of aryl methyl sites for hydroxylation is 1. The lowest BCUT2D eigenvalue weighted by Gasteiger charge is -2.12. The monoisotopic (exact) mass is 311 g/mol. The van der Waals surface area contributed by atoms with Crippen LogP contribution in [0.15, 0.2) is 48.5 Å². The quantitative estimate of drug-likeness (QED) is 0.520. The Labute approximate surface area is 133 Å². The van der Waals surface area contributed by atoms with Crippen LogP contribution in [-0.4, -0.2) is 10.8 Å². The molecule has 0 atom stereocenters. The highest BCUT2D eigenvalue weighted by Gasteiger charge is 2.07. The van der Waals surface area contributed by atoms with Crippen LogP contribution in [0, 0.1) is 17.0 Å². The summed E-state index contributed by atoms with van der Waals surface area (Å²) in [6, 6.07) is 11.1. The van der Waals surface area contributed by atoms with Crippen molar-refractivity contribution < 1.29 is 14.8 Å². The number of carbonyl (C=O) groups excluding carboxylic acids is 1. The van der Waals surface area contributed by atoms with Gasteiger partial charge < -0.3 is 10.4 Å². The maximum absolute atomic E-state index is 11.8. The highest BCUT2D eigenvalue weighted by molar-refractivity contribution is 5.91. The summed E-state index contributed by atoms with van der Waals surface area (Å²) in [4.78, 5) is 21.9. The normalized spacial score (nSPS) is 10.7. The molecule has 0 spiro atoms. The molecule has 2 aromatic rings. The van der Waals surface area contributed by atoms with E-state index in [1.54, 1.807) is 6.08 Å². The summed E-state index contributed by atoms with van der Waals surface area (Å²) in [5.74, 6) is -0.727. The Morgan fingerprint density at radius 2 is 1.91 bits per heavy atom. The maximum atomic E-state index is 11.8. The minimum atomic E-state index is -0.581. The van der Waals surface area contributed by atoms with E-state index in [9.17, 15) is 20.0 Å². The largest absolute Gasteiger partial charge is 0.872 e. The van der Waals surface area contributed by atoms with Crippen molar-refractivity contribution in [1.82, 2.24) is 5.32 Å². The van der Waals surface area contributed by atoms with Gasteiger partial charge in [0, 0.05) is 24.8 Å². The average Bonchev–Trinajstić information content (AvgIpc) is 2.53. The van der Waals surface area contributed by atoms with Gasteiger partial charge in [-0.15, -0.1) is 5.75 Å². The number of hydrogen-bond acceptors (Lipinski definition) is 4. The van der Waals surface area contributed by atoms with E-state index in [1.165, 1.54) is 12.1 Å². The average molecular weight is 311 g/mol. The molecule has 0 saturated heterocycles. The van der Waals surface area contributed by atoms with Gasteiger partial charge >= 0.3 is 0 Å². The van der Waals surface area contributed by atoms with E-state index < -0.39 is 4.92 Å². The van der Waals surface area contributed by atoms with E-state index in [0.717, 1.165) is 23.3 Å². The van der Waals surface area contributed by atoms with E-state index in [1.807, 2.05) is 31.2 Å². The third-order valence-corrected chi connectivity index (χ3v) is 3.21. The third-order valence-electron chi connectivity index (χ3n) is 3.21. The van der Waals surface area contributed by atoms with Gasteiger partial charge in [-0.05, 0) is 24.1 Å². The number of nitrogens with zero attached hydrogens (tertiary/aromatic N) is 1. The Balaban J connectivity index is 1.97. The van der Waals surface area contributed by atoms with Gasteiger partial charge in [0.1, 0.15) is 0 Å².